The van der Waals surface area contributed by atoms with Gasteiger partial charge in [0.05, 0.1) is 0 Å². The van der Waals surface area contributed by atoms with Crippen LogP contribution in [0.1, 0.15) is 16.7 Å². The molecule has 2 aromatic rings. The average molecular weight is 339 g/mol. The minimum absolute atomic E-state index is 0.142. The zero-order valence-corrected chi connectivity index (χ0v) is 12.7. The molecule has 4 heteroatoms. The van der Waals surface area contributed by atoms with Gasteiger partial charge in [0.2, 0.25) is 0 Å². The molecule has 0 spiro atoms. The molecule has 2 rings (SSSR count). The molecular weight excluding hydrogens is 326 g/mol. The van der Waals surface area contributed by atoms with Crippen LogP contribution in [0.25, 0.3) is 0 Å². The molecule has 0 unspecified atom stereocenters. The summed E-state index contributed by atoms with van der Waals surface area (Å²) in [5, 5.41) is 18.6. The van der Waals surface area contributed by atoms with Gasteiger partial charge in [-0.05, 0) is 48.4 Å². The standard InChI is InChI=1S/C15H13BrClNO/c1-9-2-4-12(15(19)6-9)14(18)8-10-7-11(17)3-5-13(10)16/h2-7,18-19H,8H2,1H3. The van der Waals surface area contributed by atoms with Gasteiger partial charge in [0.25, 0.3) is 0 Å². The first kappa shape index (κ1) is 14.1. The summed E-state index contributed by atoms with van der Waals surface area (Å²) >= 11 is 9.40. The molecule has 2 aromatic carbocycles. The molecule has 2 nitrogen and oxygen atoms in total. The van der Waals surface area contributed by atoms with Crippen molar-refractivity contribution in [1.29, 1.82) is 5.41 Å². The Labute approximate surface area is 125 Å². The molecule has 19 heavy (non-hydrogen) atoms. The van der Waals surface area contributed by atoms with Crippen LogP contribution in [-0.4, -0.2) is 10.8 Å². The number of benzene rings is 2. The Morgan fingerprint density at radius 2 is 2.00 bits per heavy atom. The van der Waals surface area contributed by atoms with Crippen LogP contribution in [0.2, 0.25) is 5.02 Å². The van der Waals surface area contributed by atoms with Gasteiger partial charge in [0.15, 0.2) is 0 Å². The number of hydrogen-bond acceptors (Lipinski definition) is 2. The Balaban J connectivity index is 2.28. The first-order valence-corrected chi connectivity index (χ1v) is 6.96. The minimum Gasteiger partial charge on any atom is -0.507 e. The van der Waals surface area contributed by atoms with E-state index in [1.165, 1.54) is 0 Å². The van der Waals surface area contributed by atoms with Crippen molar-refractivity contribution < 1.29 is 5.11 Å². The monoisotopic (exact) mass is 337 g/mol. The van der Waals surface area contributed by atoms with Gasteiger partial charge in [-0.3, -0.25) is 0 Å². The van der Waals surface area contributed by atoms with Crippen LogP contribution in [0.4, 0.5) is 0 Å². The Kier molecular flexibility index (Phi) is 4.27. The van der Waals surface area contributed by atoms with E-state index in [0.717, 1.165) is 15.6 Å². The molecule has 2 N–H and O–H groups in total. The van der Waals surface area contributed by atoms with Crippen LogP contribution in [-0.2, 0) is 6.42 Å². The molecule has 0 saturated carbocycles. The lowest BCUT2D eigenvalue weighted by Crippen LogP contribution is -2.04. The molecule has 0 bridgehead atoms. The number of aryl methyl sites for hydroxylation is 1. The maximum Gasteiger partial charge on any atom is 0.124 e. The molecule has 0 saturated heterocycles. The maximum atomic E-state index is 9.89. The quantitative estimate of drug-likeness (QED) is 0.781. The van der Waals surface area contributed by atoms with E-state index >= 15 is 0 Å². The van der Waals surface area contributed by atoms with Crippen molar-refractivity contribution >= 4 is 33.2 Å². The van der Waals surface area contributed by atoms with E-state index in [1.807, 2.05) is 25.1 Å². The fourth-order valence-corrected chi connectivity index (χ4v) is 2.44. The van der Waals surface area contributed by atoms with Crippen LogP contribution in [0.3, 0.4) is 0 Å². The van der Waals surface area contributed by atoms with E-state index in [1.54, 1.807) is 18.2 Å². The van der Waals surface area contributed by atoms with Crippen molar-refractivity contribution in [2.75, 3.05) is 0 Å². The number of rotatable bonds is 3. The molecule has 0 aliphatic rings. The molecule has 0 aliphatic carbocycles. The highest BCUT2D eigenvalue weighted by Crippen LogP contribution is 2.25. The van der Waals surface area contributed by atoms with Gasteiger partial charge in [-0.25, -0.2) is 0 Å². The molecule has 0 heterocycles. The van der Waals surface area contributed by atoms with E-state index in [4.69, 9.17) is 17.0 Å². The third-order valence-corrected chi connectivity index (χ3v) is 3.86. The number of nitrogens with one attached hydrogen (secondary N) is 1. The lowest BCUT2D eigenvalue weighted by Gasteiger charge is -2.09. The van der Waals surface area contributed by atoms with Crippen molar-refractivity contribution in [3.05, 3.63) is 62.6 Å². The molecule has 0 aliphatic heterocycles. The number of aromatic hydroxyl groups is 1. The van der Waals surface area contributed by atoms with Crippen molar-refractivity contribution in [3.63, 3.8) is 0 Å². The Morgan fingerprint density at radius 3 is 2.68 bits per heavy atom. The lowest BCUT2D eigenvalue weighted by molar-refractivity contribution is 0.473. The Morgan fingerprint density at radius 1 is 1.26 bits per heavy atom. The van der Waals surface area contributed by atoms with Crippen LogP contribution < -0.4 is 0 Å². The third kappa shape index (κ3) is 3.37. The summed E-state index contributed by atoms with van der Waals surface area (Å²) < 4.78 is 0.910. The lowest BCUT2D eigenvalue weighted by atomic mass is 10.0. The van der Waals surface area contributed by atoms with Gasteiger partial charge in [0.1, 0.15) is 5.75 Å². The molecule has 0 aromatic heterocycles. The Bertz CT molecular complexity index is 640. The highest BCUT2D eigenvalue weighted by atomic mass is 79.9. The fraction of sp³-hybridized carbons (Fsp3) is 0.133. The van der Waals surface area contributed by atoms with Crippen LogP contribution in [0, 0.1) is 12.3 Å². The first-order valence-electron chi connectivity index (χ1n) is 5.78. The summed E-state index contributed by atoms with van der Waals surface area (Å²) in [7, 11) is 0. The largest absolute Gasteiger partial charge is 0.507 e. The summed E-state index contributed by atoms with van der Waals surface area (Å²) in [6.07, 6.45) is 0.414. The van der Waals surface area contributed by atoms with Gasteiger partial charge < -0.3 is 10.5 Å². The summed E-state index contributed by atoms with van der Waals surface area (Å²) in [5.41, 5.74) is 2.81. The SMILES string of the molecule is Cc1ccc(C(=N)Cc2cc(Cl)ccc2Br)c(O)c1. The predicted octanol–water partition coefficient (Wildman–Crippen LogP) is 4.73. The van der Waals surface area contributed by atoms with Crippen molar-refractivity contribution in [3.8, 4) is 5.75 Å². The Hall–Kier alpha value is -1.32. The number of phenols is 1. The first-order chi connectivity index (χ1) is 8.97. The zero-order chi connectivity index (χ0) is 14.0. The van der Waals surface area contributed by atoms with Crippen LogP contribution >= 0.6 is 27.5 Å². The second-order valence-electron chi connectivity index (χ2n) is 4.41. The molecule has 0 atom stereocenters. The van der Waals surface area contributed by atoms with E-state index in [0.29, 0.717) is 22.7 Å². The molecule has 98 valence electrons. The molecular formula is C15H13BrClNO. The second-order valence-corrected chi connectivity index (χ2v) is 5.70. The summed E-state index contributed by atoms with van der Waals surface area (Å²) in [6.45, 7) is 1.90. The average Bonchev–Trinajstić information content (AvgIpc) is 2.33. The van der Waals surface area contributed by atoms with Crippen LogP contribution in [0.15, 0.2) is 40.9 Å². The third-order valence-electron chi connectivity index (χ3n) is 2.85. The molecule has 0 radical (unpaired) electrons. The summed E-state index contributed by atoms with van der Waals surface area (Å²) in [5.74, 6) is 0.142. The van der Waals surface area contributed by atoms with E-state index < -0.39 is 0 Å². The minimum atomic E-state index is 0.142. The molecule has 0 fully saturated rings. The van der Waals surface area contributed by atoms with Crippen LogP contribution in [0.5, 0.6) is 5.75 Å². The normalized spacial score (nSPS) is 10.5. The smallest absolute Gasteiger partial charge is 0.124 e. The van der Waals surface area contributed by atoms with E-state index in [9.17, 15) is 5.11 Å². The van der Waals surface area contributed by atoms with Crippen molar-refractivity contribution in [1.82, 2.24) is 0 Å². The topological polar surface area (TPSA) is 44.1 Å². The summed E-state index contributed by atoms with van der Waals surface area (Å²) in [4.78, 5) is 0. The van der Waals surface area contributed by atoms with Gasteiger partial charge in [-0.15, -0.1) is 0 Å². The van der Waals surface area contributed by atoms with E-state index in [-0.39, 0.29) is 5.75 Å². The number of halogens is 2. The van der Waals surface area contributed by atoms with Crippen molar-refractivity contribution in [2.45, 2.75) is 13.3 Å². The zero-order valence-electron chi connectivity index (χ0n) is 10.4. The second kappa shape index (κ2) is 5.76. The predicted molar refractivity (Wildman–Crippen MR) is 82.5 cm³/mol. The summed E-state index contributed by atoms with van der Waals surface area (Å²) in [6, 6.07) is 10.8. The number of hydrogen-bond donors (Lipinski definition) is 2. The van der Waals surface area contributed by atoms with Gasteiger partial charge in [-0.2, -0.15) is 0 Å². The fourth-order valence-electron chi connectivity index (χ4n) is 1.86. The highest BCUT2D eigenvalue weighted by Gasteiger charge is 2.10. The number of phenolic OH excluding ortho intramolecular Hbond substituents is 1. The molecule has 0 amide bonds. The van der Waals surface area contributed by atoms with Crippen molar-refractivity contribution in [2.24, 2.45) is 0 Å². The van der Waals surface area contributed by atoms with Gasteiger partial charge in [-0.1, -0.05) is 33.6 Å². The maximum absolute atomic E-state index is 9.89. The van der Waals surface area contributed by atoms with Gasteiger partial charge >= 0.3 is 0 Å². The highest BCUT2D eigenvalue weighted by molar-refractivity contribution is 9.10. The van der Waals surface area contributed by atoms with E-state index in [2.05, 4.69) is 15.9 Å². The van der Waals surface area contributed by atoms with Gasteiger partial charge in [0, 0.05) is 27.2 Å².